The van der Waals surface area contributed by atoms with Gasteiger partial charge in [0, 0.05) is 16.6 Å². The molecule has 0 aliphatic rings. The Balaban J connectivity index is 2.62. The molecule has 0 saturated heterocycles. The van der Waals surface area contributed by atoms with E-state index in [-0.39, 0.29) is 0 Å². The molecule has 0 unspecified atom stereocenters. The van der Waals surface area contributed by atoms with Crippen LogP contribution < -0.4 is 0 Å². The smallest absolute Gasteiger partial charge is 0.124 e. The van der Waals surface area contributed by atoms with Crippen LogP contribution in [0.15, 0.2) is 17.5 Å². The van der Waals surface area contributed by atoms with Crippen molar-refractivity contribution >= 4 is 11.3 Å². The molecule has 0 N–H and O–H groups in total. The number of hydrogen-bond acceptors (Lipinski definition) is 2. The van der Waals surface area contributed by atoms with Crippen molar-refractivity contribution in [3.05, 3.63) is 39.9 Å². The number of rotatable bonds is 1. The van der Waals surface area contributed by atoms with Gasteiger partial charge in [-0.3, -0.25) is 0 Å². The largest absolute Gasteiger partial charge is 0.241 e. The van der Waals surface area contributed by atoms with Crippen LogP contribution in [0.3, 0.4) is 0 Å². The Bertz CT molecular complexity index is 474. The lowest BCUT2D eigenvalue weighted by Crippen LogP contribution is -1.89. The molecular formula is C13H15NS. The summed E-state index contributed by atoms with van der Waals surface area (Å²) in [6.45, 7) is 8.49. The van der Waals surface area contributed by atoms with Crippen LogP contribution in [-0.4, -0.2) is 4.98 Å². The molecule has 1 aromatic carbocycles. The summed E-state index contributed by atoms with van der Waals surface area (Å²) >= 11 is 1.73. The molecule has 2 aromatic rings. The van der Waals surface area contributed by atoms with Gasteiger partial charge in [-0.15, -0.1) is 11.3 Å². The predicted molar refractivity (Wildman–Crippen MR) is 66.5 cm³/mol. The number of thiazole rings is 1. The van der Waals surface area contributed by atoms with Gasteiger partial charge in [0.05, 0.1) is 0 Å². The van der Waals surface area contributed by atoms with Gasteiger partial charge in [0.25, 0.3) is 0 Å². The van der Waals surface area contributed by atoms with Gasteiger partial charge in [-0.05, 0) is 38.8 Å². The van der Waals surface area contributed by atoms with E-state index in [0.717, 1.165) is 10.7 Å². The van der Waals surface area contributed by atoms with Crippen LogP contribution in [0, 0.1) is 27.7 Å². The Kier molecular flexibility index (Phi) is 2.61. The maximum absolute atomic E-state index is 4.55. The molecule has 15 heavy (non-hydrogen) atoms. The van der Waals surface area contributed by atoms with Crippen LogP contribution in [-0.2, 0) is 0 Å². The first-order valence-corrected chi connectivity index (χ1v) is 5.96. The third kappa shape index (κ3) is 1.95. The lowest BCUT2D eigenvalue weighted by atomic mass is 10.0. The van der Waals surface area contributed by atoms with E-state index in [4.69, 9.17) is 0 Å². The predicted octanol–water partition coefficient (Wildman–Crippen LogP) is 4.04. The van der Waals surface area contributed by atoms with Gasteiger partial charge in [-0.1, -0.05) is 17.7 Å². The van der Waals surface area contributed by atoms with Crippen LogP contribution in [0.5, 0.6) is 0 Å². The highest BCUT2D eigenvalue weighted by Gasteiger charge is 2.09. The second-order valence-corrected chi connectivity index (χ2v) is 4.93. The molecule has 1 heterocycles. The Morgan fingerprint density at radius 3 is 2.07 bits per heavy atom. The summed E-state index contributed by atoms with van der Waals surface area (Å²) in [4.78, 5) is 4.55. The Morgan fingerprint density at radius 2 is 1.60 bits per heavy atom. The molecule has 0 radical (unpaired) electrons. The summed E-state index contributed by atoms with van der Waals surface area (Å²) in [6, 6.07) is 4.44. The third-order valence-electron chi connectivity index (χ3n) is 2.51. The number of aromatic nitrogens is 1. The van der Waals surface area contributed by atoms with Gasteiger partial charge in [-0.2, -0.15) is 0 Å². The molecule has 78 valence electrons. The van der Waals surface area contributed by atoms with Crippen molar-refractivity contribution in [1.82, 2.24) is 4.98 Å². The highest BCUT2D eigenvalue weighted by atomic mass is 32.1. The molecular weight excluding hydrogens is 202 g/mol. The van der Waals surface area contributed by atoms with Crippen molar-refractivity contribution in [1.29, 1.82) is 0 Å². The monoisotopic (exact) mass is 217 g/mol. The SMILES string of the molecule is Cc1cc(C)c(-c2nc(C)cs2)c(C)c1. The quantitative estimate of drug-likeness (QED) is 0.702. The molecule has 2 heteroatoms. The first-order valence-electron chi connectivity index (χ1n) is 5.08. The van der Waals surface area contributed by atoms with Gasteiger partial charge in [0.2, 0.25) is 0 Å². The summed E-state index contributed by atoms with van der Waals surface area (Å²) < 4.78 is 0. The second kappa shape index (κ2) is 3.78. The number of nitrogens with zero attached hydrogens (tertiary/aromatic N) is 1. The minimum Gasteiger partial charge on any atom is -0.241 e. The van der Waals surface area contributed by atoms with Crippen LogP contribution in [0.2, 0.25) is 0 Å². The molecule has 0 amide bonds. The van der Waals surface area contributed by atoms with E-state index in [1.165, 1.54) is 22.3 Å². The molecule has 0 aliphatic carbocycles. The van der Waals surface area contributed by atoms with Crippen molar-refractivity contribution < 1.29 is 0 Å². The minimum atomic E-state index is 1.11. The van der Waals surface area contributed by atoms with E-state index in [9.17, 15) is 0 Å². The van der Waals surface area contributed by atoms with Crippen molar-refractivity contribution in [3.63, 3.8) is 0 Å². The number of hydrogen-bond donors (Lipinski definition) is 0. The summed E-state index contributed by atoms with van der Waals surface area (Å²) in [6.07, 6.45) is 0. The van der Waals surface area contributed by atoms with Crippen molar-refractivity contribution in [2.45, 2.75) is 27.7 Å². The zero-order valence-electron chi connectivity index (χ0n) is 9.59. The third-order valence-corrected chi connectivity index (χ3v) is 3.49. The Morgan fingerprint density at radius 1 is 1.00 bits per heavy atom. The fourth-order valence-corrected chi connectivity index (χ4v) is 2.96. The maximum atomic E-state index is 4.55. The molecule has 0 saturated carbocycles. The molecule has 0 fully saturated rings. The molecule has 0 atom stereocenters. The molecule has 0 aliphatic heterocycles. The number of benzene rings is 1. The standard InChI is InChI=1S/C13H15NS/c1-8-5-9(2)12(10(3)6-8)13-14-11(4)7-15-13/h5-7H,1-4H3. The van der Waals surface area contributed by atoms with E-state index in [0.29, 0.717) is 0 Å². The first-order chi connectivity index (χ1) is 7.08. The molecule has 2 rings (SSSR count). The highest BCUT2D eigenvalue weighted by molar-refractivity contribution is 7.13. The first kappa shape index (κ1) is 10.4. The Hall–Kier alpha value is -1.15. The zero-order chi connectivity index (χ0) is 11.0. The molecule has 0 spiro atoms. The van der Waals surface area contributed by atoms with Gasteiger partial charge in [0.15, 0.2) is 0 Å². The normalized spacial score (nSPS) is 10.7. The van der Waals surface area contributed by atoms with E-state index >= 15 is 0 Å². The van der Waals surface area contributed by atoms with Crippen molar-refractivity contribution in [2.75, 3.05) is 0 Å². The van der Waals surface area contributed by atoms with Gasteiger partial charge < -0.3 is 0 Å². The average molecular weight is 217 g/mol. The van der Waals surface area contributed by atoms with E-state index in [1.54, 1.807) is 11.3 Å². The van der Waals surface area contributed by atoms with E-state index in [1.807, 2.05) is 6.92 Å². The van der Waals surface area contributed by atoms with Crippen molar-refractivity contribution in [2.24, 2.45) is 0 Å². The summed E-state index contributed by atoms with van der Waals surface area (Å²) in [5.74, 6) is 0. The van der Waals surface area contributed by atoms with Crippen LogP contribution in [0.1, 0.15) is 22.4 Å². The molecule has 0 bridgehead atoms. The van der Waals surface area contributed by atoms with Crippen LogP contribution in [0.25, 0.3) is 10.6 Å². The van der Waals surface area contributed by atoms with Crippen LogP contribution >= 0.6 is 11.3 Å². The summed E-state index contributed by atoms with van der Waals surface area (Å²) in [5.41, 5.74) is 6.37. The lowest BCUT2D eigenvalue weighted by Gasteiger charge is -2.08. The van der Waals surface area contributed by atoms with Crippen LogP contribution in [0.4, 0.5) is 0 Å². The fourth-order valence-electron chi connectivity index (χ4n) is 1.99. The topological polar surface area (TPSA) is 12.9 Å². The molecule has 1 nitrogen and oxygen atoms in total. The number of aryl methyl sites for hydroxylation is 4. The summed E-state index contributed by atoms with van der Waals surface area (Å²) in [5, 5.41) is 3.25. The lowest BCUT2D eigenvalue weighted by molar-refractivity contribution is 1.24. The Labute approximate surface area is 94.8 Å². The molecule has 1 aromatic heterocycles. The second-order valence-electron chi connectivity index (χ2n) is 4.07. The van der Waals surface area contributed by atoms with Gasteiger partial charge in [-0.25, -0.2) is 4.98 Å². The van der Waals surface area contributed by atoms with E-state index < -0.39 is 0 Å². The van der Waals surface area contributed by atoms with E-state index in [2.05, 4.69) is 43.3 Å². The zero-order valence-corrected chi connectivity index (χ0v) is 10.4. The highest BCUT2D eigenvalue weighted by Crippen LogP contribution is 2.30. The summed E-state index contributed by atoms with van der Waals surface area (Å²) in [7, 11) is 0. The fraction of sp³-hybridized carbons (Fsp3) is 0.308. The van der Waals surface area contributed by atoms with Gasteiger partial charge >= 0.3 is 0 Å². The minimum absolute atomic E-state index is 1.11. The maximum Gasteiger partial charge on any atom is 0.124 e. The average Bonchev–Trinajstić information content (AvgIpc) is 2.49. The van der Waals surface area contributed by atoms with Crippen molar-refractivity contribution in [3.8, 4) is 10.6 Å². The van der Waals surface area contributed by atoms with Gasteiger partial charge in [0.1, 0.15) is 5.01 Å².